The monoisotopic (exact) mass is 601 g/mol. The van der Waals surface area contributed by atoms with E-state index in [0.717, 1.165) is 6.07 Å². The zero-order valence-electron chi connectivity index (χ0n) is 23.6. The lowest BCUT2D eigenvalue weighted by Gasteiger charge is -2.14. The summed E-state index contributed by atoms with van der Waals surface area (Å²) >= 11 is 0. The summed E-state index contributed by atoms with van der Waals surface area (Å²) in [6, 6.07) is 9.41. The third kappa shape index (κ3) is 7.05. The van der Waals surface area contributed by atoms with Crippen LogP contribution in [0.1, 0.15) is 51.0 Å². The van der Waals surface area contributed by atoms with E-state index in [9.17, 15) is 27.6 Å². The average Bonchev–Trinajstić information content (AvgIpc) is 3.52. The fourth-order valence-corrected chi connectivity index (χ4v) is 4.52. The number of carbonyl (C=O) groups excluding carboxylic acids is 3. The Bertz CT molecular complexity index is 1660. The lowest BCUT2D eigenvalue weighted by atomic mass is 10.1. The summed E-state index contributed by atoms with van der Waals surface area (Å²) in [5.74, 6) is -0.727. The second-order valence-corrected chi connectivity index (χ2v) is 9.45. The first-order chi connectivity index (χ1) is 20.4. The van der Waals surface area contributed by atoms with Crippen LogP contribution in [-0.4, -0.2) is 50.9 Å². The highest BCUT2D eigenvalue weighted by Gasteiger charge is 2.33. The number of amides is 3. The molecule has 228 valence electrons. The van der Waals surface area contributed by atoms with Gasteiger partial charge in [0, 0.05) is 30.8 Å². The van der Waals surface area contributed by atoms with Gasteiger partial charge >= 0.3 is 12.3 Å². The molecular weight excluding hydrogens is 571 g/mol. The molecular formula is C28H30F3N7O5. The number of halogens is 3. The van der Waals surface area contributed by atoms with E-state index >= 15 is 0 Å². The van der Waals surface area contributed by atoms with Crippen molar-refractivity contribution < 1.29 is 37.0 Å². The molecule has 2 heterocycles. The van der Waals surface area contributed by atoms with Crippen molar-refractivity contribution in [2.75, 3.05) is 19.0 Å². The van der Waals surface area contributed by atoms with E-state index in [0.29, 0.717) is 35.4 Å². The van der Waals surface area contributed by atoms with Gasteiger partial charge in [-0.1, -0.05) is 18.2 Å². The average molecular weight is 602 g/mol. The Morgan fingerprint density at radius 1 is 1.12 bits per heavy atom. The fraction of sp³-hybridized carbons (Fsp3) is 0.321. The largest absolute Gasteiger partial charge is 0.494 e. The number of fused-ring (bicyclic) bond motifs is 1. The minimum Gasteiger partial charge on any atom is -0.494 e. The topological polar surface area (TPSA) is 155 Å². The molecule has 0 unspecified atom stereocenters. The highest BCUT2D eigenvalue weighted by molar-refractivity contribution is 6.04. The van der Waals surface area contributed by atoms with Crippen LogP contribution in [0.15, 0.2) is 42.5 Å². The molecule has 43 heavy (non-hydrogen) atoms. The van der Waals surface area contributed by atoms with E-state index in [1.54, 1.807) is 22.2 Å². The van der Waals surface area contributed by atoms with Gasteiger partial charge in [0.25, 0.3) is 5.91 Å². The molecule has 12 nitrogen and oxygen atoms in total. The van der Waals surface area contributed by atoms with E-state index in [1.165, 1.54) is 37.4 Å². The van der Waals surface area contributed by atoms with Crippen molar-refractivity contribution in [1.29, 1.82) is 0 Å². The number of rotatable bonds is 11. The summed E-state index contributed by atoms with van der Waals surface area (Å²) in [4.78, 5) is 41.8. The van der Waals surface area contributed by atoms with E-state index in [-0.39, 0.29) is 35.9 Å². The molecule has 0 aliphatic carbocycles. The fourth-order valence-electron chi connectivity index (χ4n) is 4.52. The van der Waals surface area contributed by atoms with Crippen LogP contribution in [0.25, 0.3) is 11.0 Å². The van der Waals surface area contributed by atoms with Gasteiger partial charge in [-0.2, -0.15) is 18.3 Å². The van der Waals surface area contributed by atoms with E-state index in [4.69, 9.17) is 15.2 Å². The number of aryl methyl sites for hydroxylation is 3. The number of carbonyl (C=O) groups is 3. The van der Waals surface area contributed by atoms with Crippen molar-refractivity contribution in [3.8, 4) is 5.75 Å². The molecule has 0 bridgehead atoms. The molecule has 4 rings (SSSR count). The molecule has 15 heteroatoms. The number of imidazole rings is 1. The molecule has 4 N–H and O–H groups in total. The van der Waals surface area contributed by atoms with Crippen molar-refractivity contribution in [2.45, 2.75) is 46.1 Å². The number of benzene rings is 2. The zero-order chi connectivity index (χ0) is 31.3. The zero-order valence-corrected chi connectivity index (χ0v) is 23.6. The maximum absolute atomic E-state index is 13.2. The Hall–Kier alpha value is -5.08. The first-order valence-electron chi connectivity index (χ1n) is 13.2. The standard InChI is InChI=1S/C28H30F3N7O5/c1-4-38-21(12-16(2)36-38)25(40)35-26-34-20-13-18(24(32)39)14-22(42-3)23(20)37(26)11-7-10-33-27(41)43-15-17-8-5-6-9-19(17)28(29,30)31/h5-6,8-9,12-14H,4,7,10-11,15H2,1-3H3,(H2,32,39)(H,33,41)(H,34,35,40). The predicted octanol–water partition coefficient (Wildman–Crippen LogP) is 4.26. The minimum absolute atomic E-state index is 0.0797. The number of nitrogens with zero attached hydrogens (tertiary/aromatic N) is 4. The van der Waals surface area contributed by atoms with Gasteiger partial charge < -0.3 is 25.1 Å². The minimum atomic E-state index is -4.58. The molecule has 3 amide bonds. The highest BCUT2D eigenvalue weighted by Crippen LogP contribution is 2.33. The van der Waals surface area contributed by atoms with Gasteiger partial charge in [0.05, 0.1) is 23.9 Å². The van der Waals surface area contributed by atoms with Crippen molar-refractivity contribution in [3.63, 3.8) is 0 Å². The molecule has 4 aromatic rings. The molecule has 0 aliphatic heterocycles. The lowest BCUT2D eigenvalue weighted by molar-refractivity contribution is -0.138. The summed E-state index contributed by atoms with van der Waals surface area (Å²) in [6.07, 6.45) is -5.17. The molecule has 0 saturated carbocycles. The van der Waals surface area contributed by atoms with Crippen molar-refractivity contribution in [1.82, 2.24) is 24.6 Å². The Balaban J connectivity index is 1.50. The third-order valence-corrected chi connectivity index (χ3v) is 6.48. The third-order valence-electron chi connectivity index (χ3n) is 6.48. The van der Waals surface area contributed by atoms with Gasteiger partial charge in [-0.05, 0) is 44.5 Å². The quantitative estimate of drug-likeness (QED) is 0.217. The number of nitrogens with two attached hydrogens (primary N) is 1. The number of ether oxygens (including phenoxy) is 2. The summed E-state index contributed by atoms with van der Waals surface area (Å²) in [6.45, 7) is 3.81. The van der Waals surface area contributed by atoms with Crippen molar-refractivity contribution in [3.05, 3.63) is 70.5 Å². The van der Waals surface area contributed by atoms with Gasteiger partial charge in [0.15, 0.2) is 0 Å². The van der Waals surface area contributed by atoms with E-state index in [1.807, 2.05) is 6.92 Å². The Morgan fingerprint density at radius 2 is 1.86 bits per heavy atom. The maximum Gasteiger partial charge on any atom is 0.416 e. The number of hydrogen-bond acceptors (Lipinski definition) is 7. The molecule has 0 fully saturated rings. The number of hydrogen-bond donors (Lipinski definition) is 3. The van der Waals surface area contributed by atoms with Gasteiger partial charge in [-0.25, -0.2) is 9.78 Å². The number of nitrogens with one attached hydrogen (secondary N) is 2. The predicted molar refractivity (Wildman–Crippen MR) is 150 cm³/mol. The van der Waals surface area contributed by atoms with Gasteiger partial charge in [0.1, 0.15) is 23.6 Å². The smallest absolute Gasteiger partial charge is 0.416 e. The second kappa shape index (κ2) is 12.8. The first-order valence-corrected chi connectivity index (χ1v) is 13.2. The first kappa shape index (κ1) is 30.9. The number of anilines is 1. The maximum atomic E-state index is 13.2. The van der Waals surface area contributed by atoms with E-state index in [2.05, 4.69) is 20.7 Å². The van der Waals surface area contributed by atoms with Crippen molar-refractivity contribution in [2.24, 2.45) is 5.73 Å². The van der Waals surface area contributed by atoms with Crippen LogP contribution in [0.5, 0.6) is 5.75 Å². The van der Waals surface area contributed by atoms with Crippen LogP contribution in [0.3, 0.4) is 0 Å². The molecule has 2 aromatic carbocycles. The number of methoxy groups -OCH3 is 1. The number of alkyl carbamates (subject to hydrolysis) is 1. The molecule has 0 saturated heterocycles. The van der Waals surface area contributed by atoms with E-state index < -0.39 is 36.3 Å². The molecule has 2 aromatic heterocycles. The molecule has 0 radical (unpaired) electrons. The van der Waals surface area contributed by atoms with Crippen molar-refractivity contribution >= 4 is 34.9 Å². The molecule has 0 aliphatic rings. The Morgan fingerprint density at radius 3 is 2.53 bits per heavy atom. The van der Waals surface area contributed by atoms with Crippen LogP contribution in [0, 0.1) is 6.92 Å². The molecule has 0 spiro atoms. The highest BCUT2D eigenvalue weighted by atomic mass is 19.4. The summed E-state index contributed by atoms with van der Waals surface area (Å²) in [5.41, 5.74) is 6.35. The van der Waals surface area contributed by atoms with Gasteiger partial charge in [-0.15, -0.1) is 0 Å². The Labute approximate surface area is 244 Å². The van der Waals surface area contributed by atoms with Crippen LogP contribution in [0.2, 0.25) is 0 Å². The van der Waals surface area contributed by atoms with Crippen LogP contribution in [-0.2, 0) is 30.6 Å². The SMILES string of the molecule is CCn1nc(C)cc1C(=O)Nc1nc2cc(C(N)=O)cc(OC)c2n1CCCNC(=O)OCc1ccccc1C(F)(F)F. The van der Waals surface area contributed by atoms with Crippen LogP contribution < -0.4 is 21.1 Å². The summed E-state index contributed by atoms with van der Waals surface area (Å²) in [5, 5.41) is 9.59. The number of alkyl halides is 3. The number of primary amides is 1. The number of aromatic nitrogens is 4. The summed E-state index contributed by atoms with van der Waals surface area (Å²) in [7, 11) is 1.41. The Kier molecular flexibility index (Phi) is 9.21. The molecule has 0 atom stereocenters. The van der Waals surface area contributed by atoms with Crippen LogP contribution >= 0.6 is 0 Å². The lowest BCUT2D eigenvalue weighted by Crippen LogP contribution is -2.26. The van der Waals surface area contributed by atoms with Crippen LogP contribution in [0.4, 0.5) is 23.9 Å². The summed E-state index contributed by atoms with van der Waals surface area (Å²) < 4.78 is 53.3. The van der Waals surface area contributed by atoms with Gasteiger partial charge in [-0.3, -0.25) is 19.6 Å². The second-order valence-electron chi connectivity index (χ2n) is 9.45. The van der Waals surface area contributed by atoms with Gasteiger partial charge in [0.2, 0.25) is 11.9 Å². The normalized spacial score (nSPS) is 11.4.